The Hall–Kier alpha value is -3.04. The SMILES string of the molecule is O=C(Nc1cccnc1)c1ccc(F)c(F)c1.O=C(O)C(F)(F)F. The average molecular weight is 348 g/mol. The van der Waals surface area contributed by atoms with Crippen LogP contribution in [0.1, 0.15) is 10.4 Å². The van der Waals surface area contributed by atoms with E-state index in [0.29, 0.717) is 5.69 Å². The third-order valence-corrected chi connectivity index (χ3v) is 2.34. The number of carboxylic acid groups (broad SMARTS) is 1. The van der Waals surface area contributed by atoms with E-state index < -0.39 is 29.7 Å². The zero-order chi connectivity index (χ0) is 18.3. The maximum Gasteiger partial charge on any atom is 0.490 e. The monoisotopic (exact) mass is 348 g/mol. The predicted octanol–water partition coefficient (Wildman–Crippen LogP) is 3.25. The van der Waals surface area contributed by atoms with Gasteiger partial charge in [-0.3, -0.25) is 9.78 Å². The Kier molecular flexibility index (Phi) is 6.33. The number of pyridine rings is 1. The molecular weight excluding hydrogens is 339 g/mol. The number of hydrogen-bond acceptors (Lipinski definition) is 3. The number of carbonyl (C=O) groups excluding carboxylic acids is 1. The standard InChI is InChI=1S/C12H8F2N2O.C2HF3O2/c13-10-4-3-8(6-11(10)14)12(17)16-9-2-1-5-15-7-9;3-2(4,5)1(6)7/h1-7H,(H,16,17);(H,6,7). The van der Waals surface area contributed by atoms with Gasteiger partial charge in [0.15, 0.2) is 11.6 Å². The van der Waals surface area contributed by atoms with Gasteiger partial charge in [0.05, 0.1) is 11.9 Å². The second kappa shape index (κ2) is 7.99. The molecule has 2 aromatic rings. The molecule has 0 aliphatic carbocycles. The molecule has 1 aromatic carbocycles. The Balaban J connectivity index is 0.000000351. The van der Waals surface area contributed by atoms with Gasteiger partial charge in [0.1, 0.15) is 0 Å². The molecule has 0 unspecified atom stereocenters. The summed E-state index contributed by atoms with van der Waals surface area (Å²) in [5.41, 5.74) is 0.537. The minimum Gasteiger partial charge on any atom is -0.475 e. The molecule has 0 radical (unpaired) electrons. The fraction of sp³-hybridized carbons (Fsp3) is 0.0714. The van der Waals surface area contributed by atoms with Gasteiger partial charge in [0.2, 0.25) is 0 Å². The number of hydrogen-bond donors (Lipinski definition) is 2. The third-order valence-electron chi connectivity index (χ3n) is 2.34. The Morgan fingerprint density at radius 1 is 1.08 bits per heavy atom. The highest BCUT2D eigenvalue weighted by atomic mass is 19.4. The van der Waals surface area contributed by atoms with Crippen molar-refractivity contribution in [2.75, 3.05) is 5.32 Å². The van der Waals surface area contributed by atoms with Crippen molar-refractivity contribution in [1.29, 1.82) is 0 Å². The lowest BCUT2D eigenvalue weighted by Crippen LogP contribution is -2.21. The van der Waals surface area contributed by atoms with Gasteiger partial charge in [-0.25, -0.2) is 13.6 Å². The first-order chi connectivity index (χ1) is 11.1. The lowest BCUT2D eigenvalue weighted by molar-refractivity contribution is -0.192. The van der Waals surface area contributed by atoms with Gasteiger partial charge in [-0.05, 0) is 30.3 Å². The van der Waals surface area contributed by atoms with Crippen LogP contribution in [0.2, 0.25) is 0 Å². The summed E-state index contributed by atoms with van der Waals surface area (Å²) in [6.07, 6.45) is -2.06. The van der Waals surface area contributed by atoms with Crippen LogP contribution in [-0.4, -0.2) is 28.1 Å². The molecule has 0 aliphatic rings. The van der Waals surface area contributed by atoms with Crippen molar-refractivity contribution in [2.24, 2.45) is 0 Å². The van der Waals surface area contributed by atoms with Crippen LogP contribution < -0.4 is 5.32 Å². The van der Waals surface area contributed by atoms with Gasteiger partial charge in [-0.2, -0.15) is 13.2 Å². The van der Waals surface area contributed by atoms with Gasteiger partial charge >= 0.3 is 12.1 Å². The van der Waals surface area contributed by atoms with Crippen LogP contribution in [0.15, 0.2) is 42.7 Å². The quantitative estimate of drug-likeness (QED) is 0.817. The van der Waals surface area contributed by atoms with Crippen LogP contribution in [0.5, 0.6) is 0 Å². The number of nitrogens with one attached hydrogen (secondary N) is 1. The minimum absolute atomic E-state index is 0.0488. The van der Waals surface area contributed by atoms with Gasteiger partial charge in [-0.1, -0.05) is 0 Å². The topological polar surface area (TPSA) is 79.3 Å². The molecule has 1 amide bonds. The van der Waals surface area contributed by atoms with Gasteiger partial charge in [0, 0.05) is 11.8 Å². The molecule has 10 heteroatoms. The van der Waals surface area contributed by atoms with Gasteiger partial charge in [0.25, 0.3) is 5.91 Å². The summed E-state index contributed by atoms with van der Waals surface area (Å²) in [5, 5.41) is 9.64. The highest BCUT2D eigenvalue weighted by Gasteiger charge is 2.38. The number of aliphatic carboxylic acids is 1. The van der Waals surface area contributed by atoms with Crippen molar-refractivity contribution in [3.05, 3.63) is 59.9 Å². The zero-order valence-corrected chi connectivity index (χ0v) is 11.6. The van der Waals surface area contributed by atoms with E-state index in [2.05, 4.69) is 10.3 Å². The molecular formula is C14H9F5N2O3. The van der Waals surface area contributed by atoms with Crippen molar-refractivity contribution in [1.82, 2.24) is 4.98 Å². The normalized spacial score (nSPS) is 10.4. The summed E-state index contributed by atoms with van der Waals surface area (Å²) in [4.78, 5) is 24.4. The summed E-state index contributed by atoms with van der Waals surface area (Å²) < 4.78 is 57.3. The molecule has 0 saturated heterocycles. The molecule has 0 bridgehead atoms. The second-order valence-electron chi connectivity index (χ2n) is 4.13. The number of rotatable bonds is 2. The highest BCUT2D eigenvalue weighted by molar-refractivity contribution is 6.04. The number of alkyl halides is 3. The Morgan fingerprint density at radius 3 is 2.17 bits per heavy atom. The lowest BCUT2D eigenvalue weighted by atomic mass is 10.2. The van der Waals surface area contributed by atoms with E-state index in [0.717, 1.165) is 12.1 Å². The fourth-order valence-corrected chi connectivity index (χ4v) is 1.28. The second-order valence-corrected chi connectivity index (χ2v) is 4.13. The van der Waals surface area contributed by atoms with E-state index in [1.54, 1.807) is 18.3 Å². The van der Waals surface area contributed by atoms with Crippen molar-refractivity contribution >= 4 is 17.6 Å². The predicted molar refractivity (Wildman–Crippen MR) is 72.2 cm³/mol. The molecule has 1 heterocycles. The molecule has 0 fully saturated rings. The summed E-state index contributed by atoms with van der Waals surface area (Å²) in [6, 6.07) is 6.27. The number of benzene rings is 1. The van der Waals surface area contributed by atoms with Crippen LogP contribution in [0.4, 0.5) is 27.6 Å². The maximum absolute atomic E-state index is 12.9. The van der Waals surface area contributed by atoms with E-state index in [-0.39, 0.29) is 5.56 Å². The number of carboxylic acids is 1. The molecule has 0 saturated carbocycles. The van der Waals surface area contributed by atoms with Crippen molar-refractivity contribution in [2.45, 2.75) is 6.18 Å². The van der Waals surface area contributed by atoms with Crippen LogP contribution in [0.3, 0.4) is 0 Å². The molecule has 0 aliphatic heterocycles. The molecule has 0 spiro atoms. The molecule has 128 valence electrons. The molecule has 2 rings (SSSR count). The zero-order valence-electron chi connectivity index (χ0n) is 11.6. The number of nitrogens with zero attached hydrogens (tertiary/aromatic N) is 1. The molecule has 2 N–H and O–H groups in total. The Morgan fingerprint density at radius 2 is 1.71 bits per heavy atom. The van der Waals surface area contributed by atoms with E-state index in [1.807, 2.05) is 0 Å². The summed E-state index contributed by atoms with van der Waals surface area (Å²) in [6.45, 7) is 0. The van der Waals surface area contributed by atoms with E-state index in [9.17, 15) is 26.7 Å². The van der Waals surface area contributed by atoms with Crippen molar-refractivity contribution in [3.63, 3.8) is 0 Å². The van der Waals surface area contributed by atoms with E-state index in [4.69, 9.17) is 9.90 Å². The number of carbonyl (C=O) groups is 2. The number of anilines is 1. The first-order valence-electron chi connectivity index (χ1n) is 6.08. The minimum atomic E-state index is -5.08. The third kappa shape index (κ3) is 5.99. The first kappa shape index (κ1) is 19.0. The number of aromatic nitrogens is 1. The van der Waals surface area contributed by atoms with Crippen LogP contribution >= 0.6 is 0 Å². The Labute approximate surface area is 131 Å². The largest absolute Gasteiger partial charge is 0.490 e. The van der Waals surface area contributed by atoms with Crippen LogP contribution in [-0.2, 0) is 4.79 Å². The number of halogens is 5. The summed E-state index contributed by atoms with van der Waals surface area (Å²) in [7, 11) is 0. The van der Waals surface area contributed by atoms with E-state index in [1.165, 1.54) is 12.3 Å². The molecule has 0 atom stereocenters. The van der Waals surface area contributed by atoms with E-state index >= 15 is 0 Å². The summed E-state index contributed by atoms with van der Waals surface area (Å²) >= 11 is 0. The van der Waals surface area contributed by atoms with Crippen LogP contribution in [0, 0.1) is 11.6 Å². The molecule has 1 aromatic heterocycles. The maximum atomic E-state index is 12.9. The lowest BCUT2D eigenvalue weighted by Gasteiger charge is -2.04. The summed E-state index contributed by atoms with van der Waals surface area (Å²) in [5.74, 6) is -5.31. The Bertz CT molecular complexity index is 720. The van der Waals surface area contributed by atoms with Gasteiger partial charge in [-0.15, -0.1) is 0 Å². The smallest absolute Gasteiger partial charge is 0.475 e. The van der Waals surface area contributed by atoms with Gasteiger partial charge < -0.3 is 10.4 Å². The van der Waals surface area contributed by atoms with Crippen molar-refractivity contribution in [3.8, 4) is 0 Å². The first-order valence-corrected chi connectivity index (χ1v) is 6.08. The average Bonchev–Trinajstić information content (AvgIpc) is 2.50. The number of amides is 1. The molecule has 24 heavy (non-hydrogen) atoms. The molecule has 5 nitrogen and oxygen atoms in total. The highest BCUT2D eigenvalue weighted by Crippen LogP contribution is 2.13. The van der Waals surface area contributed by atoms with Crippen molar-refractivity contribution < 1.29 is 36.6 Å². The van der Waals surface area contributed by atoms with Crippen LogP contribution in [0.25, 0.3) is 0 Å². The fourth-order valence-electron chi connectivity index (χ4n) is 1.28.